The zero-order valence-electron chi connectivity index (χ0n) is 7.71. The van der Waals surface area contributed by atoms with Crippen LogP contribution in [0.3, 0.4) is 0 Å². The fourth-order valence-corrected chi connectivity index (χ4v) is 0.924. The average molecular weight is 181 g/mol. The summed E-state index contributed by atoms with van der Waals surface area (Å²) in [7, 11) is 0. The molecule has 3 heteroatoms. The van der Waals surface area contributed by atoms with Crippen LogP contribution < -0.4 is 0 Å². The highest BCUT2D eigenvalue weighted by Gasteiger charge is 2.24. The van der Waals surface area contributed by atoms with Crippen molar-refractivity contribution in [3.05, 3.63) is 42.0 Å². The van der Waals surface area contributed by atoms with E-state index < -0.39 is 11.4 Å². The van der Waals surface area contributed by atoms with Crippen molar-refractivity contribution in [1.29, 1.82) is 0 Å². The number of halogens is 1. The Morgan fingerprint density at radius 1 is 1.62 bits per heavy atom. The first kappa shape index (κ1) is 9.86. The fourth-order valence-electron chi connectivity index (χ4n) is 0.924. The normalized spacial score (nSPS) is 15.1. The summed E-state index contributed by atoms with van der Waals surface area (Å²) in [6.45, 7) is 6.88. The minimum absolute atomic E-state index is 0.417. The quantitative estimate of drug-likeness (QED) is 0.708. The Balaban J connectivity index is 3.14. The predicted octanol–water partition coefficient (Wildman–Crippen LogP) is 2.00. The molecule has 1 N–H and O–H groups in total. The van der Waals surface area contributed by atoms with Gasteiger partial charge in [0, 0.05) is 11.8 Å². The van der Waals surface area contributed by atoms with Crippen LogP contribution >= 0.6 is 0 Å². The molecule has 0 saturated heterocycles. The third-order valence-corrected chi connectivity index (χ3v) is 2.10. The van der Waals surface area contributed by atoms with E-state index in [1.165, 1.54) is 12.3 Å². The number of nitrogens with zero attached hydrogens (tertiary/aromatic N) is 1. The predicted molar refractivity (Wildman–Crippen MR) is 48.6 cm³/mol. The highest BCUT2D eigenvalue weighted by atomic mass is 19.1. The molecule has 0 aliphatic heterocycles. The number of pyridine rings is 1. The summed E-state index contributed by atoms with van der Waals surface area (Å²) in [6.07, 6.45) is 2.52. The smallest absolute Gasteiger partial charge is 0.141 e. The first-order chi connectivity index (χ1) is 5.94. The van der Waals surface area contributed by atoms with Crippen molar-refractivity contribution >= 4 is 0 Å². The Hall–Kier alpha value is -1.22. The van der Waals surface area contributed by atoms with Crippen molar-refractivity contribution in [2.75, 3.05) is 0 Å². The van der Waals surface area contributed by atoms with Crippen LogP contribution in [0.25, 0.3) is 0 Å². The van der Waals surface area contributed by atoms with Crippen molar-refractivity contribution < 1.29 is 9.50 Å². The second kappa shape index (κ2) is 3.26. The van der Waals surface area contributed by atoms with Crippen molar-refractivity contribution in [2.45, 2.75) is 19.4 Å². The summed E-state index contributed by atoms with van der Waals surface area (Å²) >= 11 is 0. The van der Waals surface area contributed by atoms with E-state index in [4.69, 9.17) is 0 Å². The van der Waals surface area contributed by atoms with Gasteiger partial charge >= 0.3 is 0 Å². The standard InChI is InChI=1S/C10H12FNO/c1-7(2)10(3,13)8-4-9(11)6-12-5-8/h4-6,13H,1H2,2-3H3. The fraction of sp³-hybridized carbons (Fsp3) is 0.300. The maximum Gasteiger partial charge on any atom is 0.141 e. The molecule has 0 fully saturated rings. The Labute approximate surface area is 76.7 Å². The molecule has 0 saturated carbocycles. The lowest BCUT2D eigenvalue weighted by molar-refractivity contribution is 0.0973. The topological polar surface area (TPSA) is 33.1 Å². The Morgan fingerprint density at radius 3 is 2.69 bits per heavy atom. The summed E-state index contributed by atoms with van der Waals surface area (Å²) in [5.41, 5.74) is -0.241. The van der Waals surface area contributed by atoms with Crippen LogP contribution in [0.2, 0.25) is 0 Å². The summed E-state index contributed by atoms with van der Waals surface area (Å²) in [5.74, 6) is -0.459. The zero-order chi connectivity index (χ0) is 10.1. The number of rotatable bonds is 2. The SMILES string of the molecule is C=C(C)C(C)(O)c1cncc(F)c1. The lowest BCUT2D eigenvalue weighted by Crippen LogP contribution is -2.22. The summed E-state index contributed by atoms with van der Waals surface area (Å²) in [4.78, 5) is 3.66. The minimum Gasteiger partial charge on any atom is -0.381 e. The van der Waals surface area contributed by atoms with Crippen molar-refractivity contribution in [2.24, 2.45) is 0 Å². The summed E-state index contributed by atoms with van der Waals surface area (Å²) in [5, 5.41) is 9.88. The Bertz CT molecular complexity index is 333. The van der Waals surface area contributed by atoms with Crippen LogP contribution in [0.15, 0.2) is 30.6 Å². The monoisotopic (exact) mass is 181 g/mol. The van der Waals surface area contributed by atoms with E-state index in [1.807, 2.05) is 0 Å². The molecule has 1 rings (SSSR count). The largest absolute Gasteiger partial charge is 0.381 e. The molecule has 0 amide bonds. The lowest BCUT2D eigenvalue weighted by atomic mass is 9.91. The second-order valence-corrected chi connectivity index (χ2v) is 3.24. The molecule has 0 aromatic carbocycles. The van der Waals surface area contributed by atoms with Gasteiger partial charge in [0.1, 0.15) is 11.4 Å². The zero-order valence-corrected chi connectivity index (χ0v) is 7.71. The molecule has 0 bridgehead atoms. The van der Waals surface area contributed by atoms with E-state index in [9.17, 15) is 9.50 Å². The number of aromatic nitrogens is 1. The van der Waals surface area contributed by atoms with Gasteiger partial charge in [0.15, 0.2) is 0 Å². The van der Waals surface area contributed by atoms with Crippen LogP contribution in [0, 0.1) is 5.82 Å². The van der Waals surface area contributed by atoms with E-state index in [1.54, 1.807) is 13.8 Å². The first-order valence-electron chi connectivity index (χ1n) is 3.94. The molecular formula is C10H12FNO. The van der Waals surface area contributed by atoms with E-state index >= 15 is 0 Å². The Kier molecular flexibility index (Phi) is 2.48. The van der Waals surface area contributed by atoms with Crippen LogP contribution in [-0.4, -0.2) is 10.1 Å². The van der Waals surface area contributed by atoms with Gasteiger partial charge in [-0.1, -0.05) is 6.58 Å². The van der Waals surface area contributed by atoms with E-state index in [0.29, 0.717) is 11.1 Å². The van der Waals surface area contributed by atoms with Crippen LogP contribution in [0.1, 0.15) is 19.4 Å². The maximum absolute atomic E-state index is 12.8. The highest BCUT2D eigenvalue weighted by Crippen LogP contribution is 2.26. The van der Waals surface area contributed by atoms with Gasteiger partial charge in [-0.05, 0) is 25.5 Å². The molecule has 0 radical (unpaired) electrons. The first-order valence-corrected chi connectivity index (χ1v) is 3.94. The molecule has 1 atom stereocenters. The van der Waals surface area contributed by atoms with Gasteiger partial charge in [-0.15, -0.1) is 0 Å². The van der Waals surface area contributed by atoms with Crippen molar-refractivity contribution in [1.82, 2.24) is 4.98 Å². The molecule has 1 unspecified atom stereocenters. The molecule has 0 spiro atoms. The van der Waals surface area contributed by atoms with Gasteiger partial charge in [0.2, 0.25) is 0 Å². The van der Waals surface area contributed by atoms with Crippen molar-refractivity contribution in [3.8, 4) is 0 Å². The molecule has 1 aromatic rings. The molecule has 1 aromatic heterocycles. The summed E-state index contributed by atoms with van der Waals surface area (Å²) in [6, 6.07) is 1.25. The third kappa shape index (κ3) is 1.92. The lowest BCUT2D eigenvalue weighted by Gasteiger charge is -2.23. The number of hydrogen-bond donors (Lipinski definition) is 1. The van der Waals surface area contributed by atoms with Gasteiger partial charge in [-0.25, -0.2) is 4.39 Å². The van der Waals surface area contributed by atoms with Crippen LogP contribution in [0.5, 0.6) is 0 Å². The molecule has 0 aliphatic carbocycles. The molecular weight excluding hydrogens is 169 g/mol. The van der Waals surface area contributed by atoms with E-state index in [2.05, 4.69) is 11.6 Å². The van der Waals surface area contributed by atoms with Gasteiger partial charge in [-0.3, -0.25) is 4.98 Å². The molecule has 13 heavy (non-hydrogen) atoms. The minimum atomic E-state index is -1.21. The third-order valence-electron chi connectivity index (χ3n) is 2.10. The number of aliphatic hydroxyl groups is 1. The molecule has 70 valence electrons. The van der Waals surface area contributed by atoms with E-state index in [-0.39, 0.29) is 0 Å². The average Bonchev–Trinajstić information content (AvgIpc) is 2.04. The van der Waals surface area contributed by atoms with Gasteiger partial charge in [0.05, 0.1) is 6.20 Å². The highest BCUT2D eigenvalue weighted by molar-refractivity contribution is 5.27. The van der Waals surface area contributed by atoms with E-state index in [0.717, 1.165) is 6.20 Å². The number of hydrogen-bond acceptors (Lipinski definition) is 2. The van der Waals surface area contributed by atoms with Gasteiger partial charge < -0.3 is 5.11 Å². The van der Waals surface area contributed by atoms with Gasteiger partial charge in [0.25, 0.3) is 0 Å². The molecule has 0 aliphatic rings. The Morgan fingerprint density at radius 2 is 2.23 bits per heavy atom. The van der Waals surface area contributed by atoms with Crippen LogP contribution in [-0.2, 0) is 5.60 Å². The molecule has 1 heterocycles. The van der Waals surface area contributed by atoms with Gasteiger partial charge in [-0.2, -0.15) is 0 Å². The summed E-state index contributed by atoms with van der Waals surface area (Å²) < 4.78 is 12.8. The van der Waals surface area contributed by atoms with Crippen molar-refractivity contribution in [3.63, 3.8) is 0 Å². The maximum atomic E-state index is 12.8. The molecule has 2 nitrogen and oxygen atoms in total. The van der Waals surface area contributed by atoms with Crippen LogP contribution in [0.4, 0.5) is 4.39 Å². The second-order valence-electron chi connectivity index (χ2n) is 3.24.